The minimum atomic E-state index is -1.17. The number of rotatable bonds is 3. The van der Waals surface area contributed by atoms with Crippen molar-refractivity contribution in [1.82, 2.24) is 24.7 Å². The number of benzene rings is 1. The zero-order valence-electron chi connectivity index (χ0n) is 14.3. The second-order valence-electron chi connectivity index (χ2n) is 5.94. The van der Waals surface area contributed by atoms with Gasteiger partial charge in [-0.2, -0.15) is 4.68 Å². The van der Waals surface area contributed by atoms with Gasteiger partial charge in [0.25, 0.3) is 0 Å². The molecule has 4 heterocycles. The molecule has 0 saturated heterocycles. The number of furan rings is 1. The van der Waals surface area contributed by atoms with Gasteiger partial charge in [-0.1, -0.05) is 12.1 Å². The number of hydrogen-bond donors (Lipinski definition) is 2. The molecule has 4 aromatic heterocycles. The second kappa shape index (κ2) is 6.16. The number of carbonyl (C=O) groups is 1. The number of aromatic nitrogens is 5. The number of carboxylic acid groups (broad SMARTS) is 1. The summed E-state index contributed by atoms with van der Waals surface area (Å²) in [5.41, 5.74) is 1.61. The third kappa shape index (κ3) is 2.45. The standard InChI is InChI=1S/C19H12N6O3/c26-19(27)25-13-5-2-1-4-11(13)17(24-25)23-15-12-6-9-20-10-14(12)28-16(15)18-21-7-3-8-22-18/h1-10H,(H,23,24)(H,26,27). The predicted octanol–water partition coefficient (Wildman–Crippen LogP) is 3.90. The van der Waals surface area contributed by atoms with Crippen molar-refractivity contribution in [3.8, 4) is 11.6 Å². The van der Waals surface area contributed by atoms with Crippen LogP contribution in [0, 0.1) is 0 Å². The maximum atomic E-state index is 11.6. The lowest BCUT2D eigenvalue weighted by molar-refractivity contribution is 0.194. The molecule has 2 N–H and O–H groups in total. The van der Waals surface area contributed by atoms with Gasteiger partial charge in [-0.05, 0) is 24.3 Å². The molecular weight excluding hydrogens is 360 g/mol. The Hall–Kier alpha value is -4.27. The lowest BCUT2D eigenvalue weighted by Crippen LogP contribution is -2.09. The van der Waals surface area contributed by atoms with E-state index in [2.05, 4.69) is 25.4 Å². The first-order chi connectivity index (χ1) is 13.7. The van der Waals surface area contributed by atoms with Gasteiger partial charge in [0, 0.05) is 29.4 Å². The highest BCUT2D eigenvalue weighted by Crippen LogP contribution is 2.38. The van der Waals surface area contributed by atoms with E-state index in [-0.39, 0.29) is 0 Å². The Labute approximate surface area is 157 Å². The summed E-state index contributed by atoms with van der Waals surface area (Å²) in [6.45, 7) is 0. The first-order valence-corrected chi connectivity index (χ1v) is 8.34. The minimum Gasteiger partial charge on any atom is -0.463 e. The molecule has 9 heteroatoms. The monoisotopic (exact) mass is 372 g/mol. The molecule has 0 aliphatic carbocycles. The van der Waals surface area contributed by atoms with E-state index in [9.17, 15) is 9.90 Å². The zero-order chi connectivity index (χ0) is 19.1. The Bertz CT molecular complexity index is 1330. The van der Waals surface area contributed by atoms with Crippen LogP contribution in [0.1, 0.15) is 0 Å². The molecule has 0 bridgehead atoms. The van der Waals surface area contributed by atoms with Crippen LogP contribution in [0.25, 0.3) is 33.5 Å². The molecule has 0 unspecified atom stereocenters. The third-order valence-electron chi connectivity index (χ3n) is 4.27. The molecule has 5 rings (SSSR count). The fourth-order valence-electron chi connectivity index (χ4n) is 3.07. The van der Waals surface area contributed by atoms with Gasteiger partial charge in [0.2, 0.25) is 0 Å². The maximum absolute atomic E-state index is 11.6. The molecule has 0 atom stereocenters. The number of hydrogen-bond acceptors (Lipinski definition) is 7. The highest BCUT2D eigenvalue weighted by Gasteiger charge is 2.21. The molecule has 9 nitrogen and oxygen atoms in total. The molecule has 0 aliphatic rings. The van der Waals surface area contributed by atoms with Crippen molar-refractivity contribution in [3.05, 3.63) is 61.2 Å². The van der Waals surface area contributed by atoms with Crippen LogP contribution in [0.15, 0.2) is 65.6 Å². The van der Waals surface area contributed by atoms with Gasteiger partial charge >= 0.3 is 6.09 Å². The Morgan fingerprint density at radius 1 is 1.04 bits per heavy atom. The normalized spacial score (nSPS) is 11.1. The summed E-state index contributed by atoms with van der Waals surface area (Å²) in [6.07, 6.45) is 5.31. The number of nitrogens with one attached hydrogen (secondary N) is 1. The number of pyridine rings is 1. The van der Waals surface area contributed by atoms with Crippen molar-refractivity contribution in [1.29, 1.82) is 0 Å². The molecule has 0 radical (unpaired) electrons. The smallest absolute Gasteiger partial charge is 0.432 e. The fourth-order valence-corrected chi connectivity index (χ4v) is 3.07. The molecule has 0 spiro atoms. The largest absolute Gasteiger partial charge is 0.463 e. The molecule has 0 fully saturated rings. The van der Waals surface area contributed by atoms with Crippen LogP contribution < -0.4 is 5.32 Å². The summed E-state index contributed by atoms with van der Waals surface area (Å²) in [6, 6.07) is 10.6. The average molecular weight is 372 g/mol. The van der Waals surface area contributed by atoms with Crippen molar-refractivity contribution in [3.63, 3.8) is 0 Å². The van der Waals surface area contributed by atoms with Gasteiger partial charge in [0.05, 0.1) is 17.4 Å². The number of fused-ring (bicyclic) bond motifs is 2. The Morgan fingerprint density at radius 2 is 1.86 bits per heavy atom. The number of anilines is 2. The first kappa shape index (κ1) is 15.9. The van der Waals surface area contributed by atoms with Crippen LogP contribution in [0.4, 0.5) is 16.3 Å². The lowest BCUT2D eigenvalue weighted by atomic mass is 10.2. The van der Waals surface area contributed by atoms with Crippen molar-refractivity contribution in [2.45, 2.75) is 0 Å². The Kier molecular flexibility index (Phi) is 3.51. The van der Waals surface area contributed by atoms with Gasteiger partial charge in [-0.25, -0.2) is 14.8 Å². The molecule has 5 aromatic rings. The topological polar surface area (TPSA) is 119 Å². The van der Waals surface area contributed by atoms with Gasteiger partial charge in [-0.15, -0.1) is 5.10 Å². The van der Waals surface area contributed by atoms with Gasteiger partial charge in [0.15, 0.2) is 23.0 Å². The Balaban J connectivity index is 1.73. The summed E-state index contributed by atoms with van der Waals surface area (Å²) < 4.78 is 6.85. The van der Waals surface area contributed by atoms with E-state index < -0.39 is 6.09 Å². The van der Waals surface area contributed by atoms with Gasteiger partial charge in [0.1, 0.15) is 0 Å². The van der Waals surface area contributed by atoms with Crippen LogP contribution in [0.2, 0.25) is 0 Å². The van der Waals surface area contributed by atoms with Crippen LogP contribution in [-0.4, -0.2) is 35.9 Å². The van der Waals surface area contributed by atoms with E-state index in [1.165, 1.54) is 0 Å². The van der Waals surface area contributed by atoms with Crippen molar-refractivity contribution < 1.29 is 14.3 Å². The van der Waals surface area contributed by atoms with Crippen LogP contribution in [-0.2, 0) is 0 Å². The van der Waals surface area contributed by atoms with Crippen LogP contribution in [0.3, 0.4) is 0 Å². The highest BCUT2D eigenvalue weighted by molar-refractivity contribution is 6.03. The molecule has 0 saturated carbocycles. The van der Waals surface area contributed by atoms with Gasteiger partial charge < -0.3 is 14.8 Å². The third-order valence-corrected chi connectivity index (χ3v) is 4.27. The van der Waals surface area contributed by atoms with Crippen molar-refractivity contribution in [2.75, 3.05) is 5.32 Å². The van der Waals surface area contributed by atoms with E-state index in [0.717, 1.165) is 10.1 Å². The molecule has 1 aromatic carbocycles. The van der Waals surface area contributed by atoms with E-state index in [1.807, 2.05) is 6.07 Å². The SMILES string of the molecule is O=C(O)n1nc(Nc2c(-c3ncccn3)oc3cnccc23)c2ccccc21. The van der Waals surface area contributed by atoms with E-state index in [4.69, 9.17) is 4.42 Å². The molecule has 0 amide bonds. The summed E-state index contributed by atoms with van der Waals surface area (Å²) in [5, 5.41) is 18.3. The summed E-state index contributed by atoms with van der Waals surface area (Å²) in [5.74, 6) is 1.19. The quantitative estimate of drug-likeness (QED) is 0.489. The van der Waals surface area contributed by atoms with E-state index >= 15 is 0 Å². The zero-order valence-corrected chi connectivity index (χ0v) is 14.3. The molecule has 136 valence electrons. The average Bonchev–Trinajstić information content (AvgIpc) is 3.28. The second-order valence-corrected chi connectivity index (χ2v) is 5.94. The van der Waals surface area contributed by atoms with E-state index in [1.54, 1.807) is 55.1 Å². The fraction of sp³-hybridized carbons (Fsp3) is 0. The molecule has 28 heavy (non-hydrogen) atoms. The van der Waals surface area contributed by atoms with Crippen LogP contribution >= 0.6 is 0 Å². The van der Waals surface area contributed by atoms with E-state index in [0.29, 0.717) is 39.6 Å². The summed E-state index contributed by atoms with van der Waals surface area (Å²) >= 11 is 0. The molecular formula is C19H12N6O3. The summed E-state index contributed by atoms with van der Waals surface area (Å²) in [4.78, 5) is 24.2. The predicted molar refractivity (Wildman–Crippen MR) is 101 cm³/mol. The number of nitrogens with zero attached hydrogens (tertiary/aromatic N) is 5. The van der Waals surface area contributed by atoms with Crippen molar-refractivity contribution >= 4 is 39.5 Å². The van der Waals surface area contributed by atoms with Crippen LogP contribution in [0.5, 0.6) is 0 Å². The maximum Gasteiger partial charge on any atom is 0.432 e. The minimum absolute atomic E-state index is 0.384. The number of para-hydroxylation sites is 1. The molecule has 0 aliphatic heterocycles. The first-order valence-electron chi connectivity index (χ1n) is 8.34. The van der Waals surface area contributed by atoms with Crippen molar-refractivity contribution in [2.24, 2.45) is 0 Å². The van der Waals surface area contributed by atoms with Gasteiger partial charge in [-0.3, -0.25) is 4.98 Å². The Morgan fingerprint density at radius 3 is 2.68 bits per heavy atom. The highest BCUT2D eigenvalue weighted by atomic mass is 16.4. The summed E-state index contributed by atoms with van der Waals surface area (Å²) in [7, 11) is 0. The lowest BCUT2D eigenvalue weighted by Gasteiger charge is -2.04.